The molecule has 4 nitrogen and oxygen atoms in total. The van der Waals surface area contributed by atoms with Crippen LogP contribution < -0.4 is 5.73 Å². The highest BCUT2D eigenvalue weighted by Gasteiger charge is 2.40. The van der Waals surface area contributed by atoms with E-state index in [9.17, 15) is 13.2 Å². The van der Waals surface area contributed by atoms with E-state index in [0.717, 1.165) is 6.42 Å². The van der Waals surface area contributed by atoms with Crippen molar-refractivity contribution in [1.29, 1.82) is 0 Å². The van der Waals surface area contributed by atoms with Gasteiger partial charge in [0.15, 0.2) is 5.82 Å². The van der Waals surface area contributed by atoms with Crippen molar-refractivity contribution >= 4 is 0 Å². The van der Waals surface area contributed by atoms with Gasteiger partial charge in [-0.05, 0) is 25.7 Å². The molecule has 2 N–H and O–H groups in total. The molecule has 0 radical (unpaired) electrons. The third-order valence-electron chi connectivity index (χ3n) is 2.42. The minimum atomic E-state index is -4.63. The van der Waals surface area contributed by atoms with Gasteiger partial charge < -0.3 is 10.3 Å². The highest BCUT2D eigenvalue weighted by molar-refractivity contribution is 5.02. The van der Waals surface area contributed by atoms with E-state index in [0.29, 0.717) is 12.3 Å². The summed E-state index contributed by atoms with van der Waals surface area (Å²) in [6.45, 7) is 5.61. The van der Waals surface area contributed by atoms with E-state index in [4.69, 9.17) is 5.73 Å². The first kappa shape index (κ1) is 14.0. The molecule has 0 aromatic carbocycles. The second-order valence-corrected chi connectivity index (χ2v) is 4.77. The number of rotatable bonds is 4. The average molecular weight is 251 g/mol. The molecule has 0 saturated heterocycles. The van der Waals surface area contributed by atoms with Crippen molar-refractivity contribution in [2.45, 2.75) is 45.3 Å². The van der Waals surface area contributed by atoms with E-state index >= 15 is 0 Å². The van der Waals surface area contributed by atoms with Crippen LogP contribution in [-0.2, 0) is 11.7 Å². The van der Waals surface area contributed by atoms with E-state index in [1.165, 1.54) is 0 Å². The van der Waals surface area contributed by atoms with E-state index in [1.807, 2.05) is 13.8 Å². The first-order valence-electron chi connectivity index (χ1n) is 5.33. The number of hydrogen-bond donors (Lipinski definition) is 1. The van der Waals surface area contributed by atoms with E-state index < -0.39 is 17.6 Å². The zero-order valence-corrected chi connectivity index (χ0v) is 10.0. The van der Waals surface area contributed by atoms with Crippen LogP contribution in [0.15, 0.2) is 4.52 Å². The molecule has 1 aromatic heterocycles. The van der Waals surface area contributed by atoms with Crippen LogP contribution >= 0.6 is 0 Å². The third-order valence-corrected chi connectivity index (χ3v) is 2.42. The minimum absolute atomic E-state index is 0.106. The number of nitrogens with zero attached hydrogens (tertiary/aromatic N) is 2. The van der Waals surface area contributed by atoms with Gasteiger partial charge in [0.25, 0.3) is 0 Å². The molecule has 0 spiro atoms. The lowest BCUT2D eigenvalue weighted by Gasteiger charge is -2.21. The lowest BCUT2D eigenvalue weighted by molar-refractivity contribution is -0.159. The summed E-state index contributed by atoms with van der Waals surface area (Å²) in [5.41, 5.74) is 4.89. The summed E-state index contributed by atoms with van der Waals surface area (Å²) >= 11 is 0. The highest BCUT2D eigenvalue weighted by atomic mass is 19.4. The third kappa shape index (κ3) is 3.69. The van der Waals surface area contributed by atoms with Crippen LogP contribution in [0, 0.1) is 5.92 Å². The maximum atomic E-state index is 12.3. The Balaban J connectivity index is 2.81. The predicted molar refractivity (Wildman–Crippen MR) is 54.9 cm³/mol. The van der Waals surface area contributed by atoms with Gasteiger partial charge >= 0.3 is 12.1 Å². The standard InChI is InChI=1S/C10H16F3N3O/c1-6(2)4-5-9(3,14)7-15-8(17-16-7)10(11,12)13/h6H,4-5,14H2,1-3H3. The molecule has 0 aliphatic carbocycles. The number of halogens is 3. The zero-order valence-electron chi connectivity index (χ0n) is 10.0. The molecule has 7 heteroatoms. The monoisotopic (exact) mass is 251 g/mol. The zero-order chi connectivity index (χ0) is 13.3. The lowest BCUT2D eigenvalue weighted by Crippen LogP contribution is -2.34. The first-order valence-corrected chi connectivity index (χ1v) is 5.33. The van der Waals surface area contributed by atoms with Gasteiger partial charge in [-0.25, -0.2) is 0 Å². The highest BCUT2D eigenvalue weighted by Crippen LogP contribution is 2.30. The van der Waals surface area contributed by atoms with Gasteiger partial charge in [-0.3, -0.25) is 0 Å². The Morgan fingerprint density at radius 3 is 2.35 bits per heavy atom. The second kappa shape index (κ2) is 4.64. The molecule has 0 bridgehead atoms. The van der Waals surface area contributed by atoms with E-state index in [2.05, 4.69) is 14.7 Å². The number of nitrogens with two attached hydrogens (primary N) is 1. The maximum Gasteiger partial charge on any atom is 0.471 e. The Morgan fingerprint density at radius 2 is 1.94 bits per heavy atom. The Labute approximate surface area is 97.4 Å². The number of alkyl halides is 3. The Morgan fingerprint density at radius 1 is 1.35 bits per heavy atom. The quantitative estimate of drug-likeness (QED) is 0.893. The van der Waals surface area contributed by atoms with Crippen LogP contribution in [0.5, 0.6) is 0 Å². The molecule has 1 heterocycles. The van der Waals surface area contributed by atoms with E-state index in [1.54, 1.807) is 6.92 Å². The molecular formula is C10H16F3N3O. The predicted octanol–water partition coefficient (Wildman–Crippen LogP) is 2.70. The Kier molecular flexibility index (Phi) is 3.81. The summed E-state index contributed by atoms with van der Waals surface area (Å²) in [6, 6.07) is 0. The molecule has 1 unspecified atom stereocenters. The maximum absolute atomic E-state index is 12.3. The molecule has 1 atom stereocenters. The van der Waals surface area contributed by atoms with Gasteiger partial charge in [0.1, 0.15) is 0 Å². The van der Waals surface area contributed by atoms with Gasteiger partial charge in [-0.2, -0.15) is 18.2 Å². The van der Waals surface area contributed by atoms with Crippen molar-refractivity contribution in [2.75, 3.05) is 0 Å². The lowest BCUT2D eigenvalue weighted by atomic mass is 9.92. The molecule has 0 aliphatic rings. The van der Waals surface area contributed by atoms with Crippen molar-refractivity contribution in [2.24, 2.45) is 11.7 Å². The van der Waals surface area contributed by atoms with Crippen LogP contribution in [0.3, 0.4) is 0 Å². The molecule has 0 saturated carbocycles. The van der Waals surface area contributed by atoms with Crippen LogP contribution in [0.1, 0.15) is 45.3 Å². The summed E-state index contributed by atoms with van der Waals surface area (Å²) in [7, 11) is 0. The van der Waals surface area contributed by atoms with Gasteiger partial charge in [-0.15, -0.1) is 0 Å². The fourth-order valence-electron chi connectivity index (χ4n) is 1.27. The fourth-order valence-corrected chi connectivity index (χ4v) is 1.27. The van der Waals surface area contributed by atoms with Crippen molar-refractivity contribution in [3.8, 4) is 0 Å². The molecular weight excluding hydrogens is 235 g/mol. The number of aromatic nitrogens is 2. The summed E-state index contributed by atoms with van der Waals surface area (Å²) in [4.78, 5) is 3.30. The molecule has 0 aliphatic heterocycles. The summed E-state index contributed by atoms with van der Waals surface area (Å²) in [5, 5.41) is 3.30. The van der Waals surface area contributed by atoms with Crippen LogP contribution in [0.25, 0.3) is 0 Å². The molecule has 17 heavy (non-hydrogen) atoms. The van der Waals surface area contributed by atoms with Gasteiger partial charge in [0.05, 0.1) is 5.54 Å². The normalized spacial score (nSPS) is 16.2. The fraction of sp³-hybridized carbons (Fsp3) is 0.800. The van der Waals surface area contributed by atoms with Crippen molar-refractivity contribution in [1.82, 2.24) is 10.1 Å². The average Bonchev–Trinajstić information content (AvgIpc) is 2.63. The molecule has 98 valence electrons. The number of hydrogen-bond acceptors (Lipinski definition) is 4. The summed E-state index contributed by atoms with van der Waals surface area (Å²) in [6.07, 6.45) is -3.34. The molecule has 1 rings (SSSR count). The molecule has 0 fully saturated rings. The van der Waals surface area contributed by atoms with Gasteiger partial charge in [-0.1, -0.05) is 19.0 Å². The van der Waals surface area contributed by atoms with Gasteiger partial charge in [0, 0.05) is 0 Å². The second-order valence-electron chi connectivity index (χ2n) is 4.77. The topological polar surface area (TPSA) is 64.9 Å². The van der Waals surface area contributed by atoms with Crippen molar-refractivity contribution < 1.29 is 17.7 Å². The Hall–Kier alpha value is -1.11. The Bertz CT molecular complexity index is 371. The van der Waals surface area contributed by atoms with Gasteiger partial charge in [0.2, 0.25) is 0 Å². The van der Waals surface area contributed by atoms with Crippen molar-refractivity contribution in [3.05, 3.63) is 11.7 Å². The summed E-state index contributed by atoms with van der Waals surface area (Å²) in [5.74, 6) is -1.05. The summed E-state index contributed by atoms with van der Waals surface area (Å²) < 4.78 is 41.0. The first-order chi connectivity index (χ1) is 7.63. The largest absolute Gasteiger partial charge is 0.471 e. The van der Waals surface area contributed by atoms with Crippen LogP contribution in [0.4, 0.5) is 13.2 Å². The van der Waals surface area contributed by atoms with E-state index in [-0.39, 0.29) is 5.82 Å². The molecule has 1 aromatic rings. The minimum Gasteiger partial charge on any atom is -0.329 e. The van der Waals surface area contributed by atoms with Crippen LogP contribution in [0.2, 0.25) is 0 Å². The smallest absolute Gasteiger partial charge is 0.329 e. The SMILES string of the molecule is CC(C)CCC(C)(N)c1noc(C(F)(F)F)n1. The van der Waals surface area contributed by atoms with Crippen LogP contribution in [-0.4, -0.2) is 10.1 Å². The molecule has 0 amide bonds. The van der Waals surface area contributed by atoms with Crippen molar-refractivity contribution in [3.63, 3.8) is 0 Å².